The SMILES string of the molecule is CC(=O)N(CC(=O)N1CCN(C(=O)c2ccco2)CC1)c1ccc(N(C)C)cc1. The first-order valence-corrected chi connectivity index (χ1v) is 9.53. The smallest absolute Gasteiger partial charge is 0.289 e. The van der Waals surface area contributed by atoms with Crippen LogP contribution < -0.4 is 9.80 Å². The van der Waals surface area contributed by atoms with Gasteiger partial charge in [-0.15, -0.1) is 0 Å². The Bertz CT molecular complexity index is 853. The summed E-state index contributed by atoms with van der Waals surface area (Å²) in [5.74, 6) is -0.202. The Labute approximate surface area is 170 Å². The van der Waals surface area contributed by atoms with E-state index < -0.39 is 0 Å². The van der Waals surface area contributed by atoms with E-state index in [1.165, 1.54) is 18.1 Å². The normalized spacial score (nSPS) is 13.9. The molecule has 0 atom stereocenters. The molecule has 0 saturated carbocycles. The van der Waals surface area contributed by atoms with Crippen LogP contribution in [0.1, 0.15) is 17.5 Å². The number of anilines is 2. The fraction of sp³-hybridized carbons (Fsp3) is 0.381. The highest BCUT2D eigenvalue weighted by Gasteiger charge is 2.27. The molecule has 0 bridgehead atoms. The van der Waals surface area contributed by atoms with Crippen molar-refractivity contribution in [1.82, 2.24) is 9.80 Å². The maximum Gasteiger partial charge on any atom is 0.289 e. The molecule has 154 valence electrons. The van der Waals surface area contributed by atoms with Gasteiger partial charge < -0.3 is 24.0 Å². The van der Waals surface area contributed by atoms with Gasteiger partial charge >= 0.3 is 0 Å². The number of hydrogen-bond donors (Lipinski definition) is 0. The van der Waals surface area contributed by atoms with Gasteiger partial charge in [0.25, 0.3) is 5.91 Å². The standard InChI is InChI=1S/C21H26N4O4/c1-16(26)25(18-8-6-17(7-9-18)22(2)3)15-20(27)23-10-12-24(13-11-23)21(28)19-5-4-14-29-19/h4-9,14H,10-13,15H2,1-3H3. The average Bonchev–Trinajstić information content (AvgIpc) is 3.26. The van der Waals surface area contributed by atoms with E-state index in [2.05, 4.69) is 0 Å². The van der Waals surface area contributed by atoms with Gasteiger partial charge in [-0.3, -0.25) is 14.4 Å². The molecule has 8 nitrogen and oxygen atoms in total. The van der Waals surface area contributed by atoms with Gasteiger partial charge in [0.1, 0.15) is 6.54 Å². The van der Waals surface area contributed by atoms with Gasteiger partial charge in [0, 0.05) is 58.6 Å². The molecule has 3 amide bonds. The largest absolute Gasteiger partial charge is 0.459 e. The summed E-state index contributed by atoms with van der Waals surface area (Å²) in [6, 6.07) is 10.8. The fourth-order valence-electron chi connectivity index (χ4n) is 3.27. The average molecular weight is 398 g/mol. The minimum Gasteiger partial charge on any atom is -0.459 e. The van der Waals surface area contributed by atoms with Crippen LogP contribution in [0.3, 0.4) is 0 Å². The van der Waals surface area contributed by atoms with Gasteiger partial charge in [0.05, 0.1) is 6.26 Å². The lowest BCUT2D eigenvalue weighted by molar-refractivity contribution is -0.132. The molecular weight excluding hydrogens is 372 g/mol. The lowest BCUT2D eigenvalue weighted by atomic mass is 10.2. The molecule has 0 radical (unpaired) electrons. The molecule has 0 spiro atoms. The second-order valence-corrected chi connectivity index (χ2v) is 7.17. The van der Waals surface area contributed by atoms with E-state index in [0.717, 1.165) is 5.69 Å². The number of hydrogen-bond acceptors (Lipinski definition) is 5. The molecule has 0 aliphatic carbocycles. The summed E-state index contributed by atoms with van der Waals surface area (Å²) in [5, 5.41) is 0. The number of rotatable bonds is 5. The maximum absolute atomic E-state index is 12.8. The molecule has 2 heterocycles. The Morgan fingerprint density at radius 1 is 0.931 bits per heavy atom. The van der Waals surface area contributed by atoms with E-state index in [4.69, 9.17) is 4.42 Å². The molecule has 1 fully saturated rings. The summed E-state index contributed by atoms with van der Waals surface area (Å²) >= 11 is 0. The third-order valence-corrected chi connectivity index (χ3v) is 5.00. The van der Waals surface area contributed by atoms with Gasteiger partial charge in [-0.05, 0) is 36.4 Å². The molecule has 0 N–H and O–H groups in total. The fourth-order valence-corrected chi connectivity index (χ4v) is 3.27. The van der Waals surface area contributed by atoms with Crippen molar-refractivity contribution < 1.29 is 18.8 Å². The molecule has 1 aliphatic rings. The van der Waals surface area contributed by atoms with Crippen LogP contribution in [-0.2, 0) is 9.59 Å². The Hall–Kier alpha value is -3.29. The minimum absolute atomic E-state index is 0.0250. The Balaban J connectivity index is 1.59. The highest BCUT2D eigenvalue weighted by atomic mass is 16.3. The third kappa shape index (κ3) is 4.77. The lowest BCUT2D eigenvalue weighted by Crippen LogP contribution is -2.53. The summed E-state index contributed by atoms with van der Waals surface area (Å²) in [5.41, 5.74) is 1.70. The van der Waals surface area contributed by atoms with Crippen LogP contribution in [0, 0.1) is 0 Å². The zero-order valence-corrected chi connectivity index (χ0v) is 17.0. The molecular formula is C21H26N4O4. The summed E-state index contributed by atoms with van der Waals surface area (Å²) in [4.78, 5) is 44.0. The van der Waals surface area contributed by atoms with Crippen molar-refractivity contribution >= 4 is 29.1 Å². The van der Waals surface area contributed by atoms with Crippen molar-refractivity contribution in [2.45, 2.75) is 6.92 Å². The van der Waals surface area contributed by atoms with Crippen LogP contribution in [0.15, 0.2) is 47.1 Å². The predicted molar refractivity (Wildman–Crippen MR) is 110 cm³/mol. The van der Waals surface area contributed by atoms with Crippen LogP contribution in [-0.4, -0.2) is 74.3 Å². The molecule has 3 rings (SSSR count). The number of benzene rings is 1. The zero-order chi connectivity index (χ0) is 21.0. The van der Waals surface area contributed by atoms with Crippen molar-refractivity contribution in [3.05, 3.63) is 48.4 Å². The number of carbonyl (C=O) groups excluding carboxylic acids is 3. The summed E-state index contributed by atoms with van der Waals surface area (Å²) in [7, 11) is 3.88. The topological polar surface area (TPSA) is 77.3 Å². The van der Waals surface area contributed by atoms with Crippen LogP contribution in [0.2, 0.25) is 0 Å². The van der Waals surface area contributed by atoms with E-state index >= 15 is 0 Å². The molecule has 1 aliphatic heterocycles. The van der Waals surface area contributed by atoms with Gasteiger partial charge in [-0.25, -0.2) is 0 Å². The summed E-state index contributed by atoms with van der Waals surface area (Å²) in [6.07, 6.45) is 1.47. The summed E-state index contributed by atoms with van der Waals surface area (Å²) < 4.78 is 5.15. The second-order valence-electron chi connectivity index (χ2n) is 7.17. The quantitative estimate of drug-likeness (QED) is 0.766. The Morgan fingerprint density at radius 3 is 2.03 bits per heavy atom. The van der Waals surface area contributed by atoms with Crippen LogP contribution >= 0.6 is 0 Å². The minimum atomic E-state index is -0.192. The monoisotopic (exact) mass is 398 g/mol. The molecule has 1 aromatic carbocycles. The van der Waals surface area contributed by atoms with Crippen LogP contribution in [0.4, 0.5) is 11.4 Å². The van der Waals surface area contributed by atoms with Gasteiger partial charge in [-0.2, -0.15) is 0 Å². The van der Waals surface area contributed by atoms with Crippen LogP contribution in [0.25, 0.3) is 0 Å². The van der Waals surface area contributed by atoms with E-state index in [1.807, 2.05) is 43.3 Å². The van der Waals surface area contributed by atoms with E-state index in [0.29, 0.717) is 37.6 Å². The number of amides is 3. The van der Waals surface area contributed by atoms with Crippen molar-refractivity contribution in [2.75, 3.05) is 56.6 Å². The third-order valence-electron chi connectivity index (χ3n) is 5.00. The Kier molecular flexibility index (Phi) is 6.21. The number of nitrogens with zero attached hydrogens (tertiary/aromatic N) is 4. The lowest BCUT2D eigenvalue weighted by Gasteiger charge is -2.35. The molecule has 0 unspecified atom stereocenters. The molecule has 1 saturated heterocycles. The first kappa shape index (κ1) is 20.4. The molecule has 2 aromatic rings. The van der Waals surface area contributed by atoms with Crippen molar-refractivity contribution in [2.24, 2.45) is 0 Å². The number of carbonyl (C=O) groups is 3. The van der Waals surface area contributed by atoms with Crippen molar-refractivity contribution in [3.63, 3.8) is 0 Å². The van der Waals surface area contributed by atoms with Crippen molar-refractivity contribution in [3.8, 4) is 0 Å². The predicted octanol–water partition coefficient (Wildman–Crippen LogP) is 1.68. The Morgan fingerprint density at radius 2 is 1.52 bits per heavy atom. The molecule has 1 aromatic heterocycles. The van der Waals surface area contributed by atoms with Crippen LogP contribution in [0.5, 0.6) is 0 Å². The summed E-state index contributed by atoms with van der Waals surface area (Å²) in [6.45, 7) is 3.15. The highest BCUT2D eigenvalue weighted by Crippen LogP contribution is 2.20. The zero-order valence-electron chi connectivity index (χ0n) is 17.0. The maximum atomic E-state index is 12.8. The first-order chi connectivity index (χ1) is 13.9. The van der Waals surface area contributed by atoms with E-state index in [1.54, 1.807) is 21.9 Å². The van der Waals surface area contributed by atoms with Gasteiger partial charge in [-0.1, -0.05) is 0 Å². The highest BCUT2D eigenvalue weighted by molar-refractivity contribution is 5.97. The number of furan rings is 1. The molecule has 29 heavy (non-hydrogen) atoms. The van der Waals surface area contributed by atoms with E-state index in [9.17, 15) is 14.4 Å². The second kappa shape index (κ2) is 8.81. The van der Waals surface area contributed by atoms with Crippen molar-refractivity contribution in [1.29, 1.82) is 0 Å². The van der Waals surface area contributed by atoms with Gasteiger partial charge in [0.2, 0.25) is 11.8 Å². The number of piperazine rings is 1. The molecule has 8 heteroatoms. The first-order valence-electron chi connectivity index (χ1n) is 9.53. The van der Waals surface area contributed by atoms with Gasteiger partial charge in [0.15, 0.2) is 5.76 Å². The van der Waals surface area contributed by atoms with E-state index in [-0.39, 0.29) is 24.3 Å².